The van der Waals surface area contributed by atoms with E-state index < -0.39 is 6.04 Å². The Morgan fingerprint density at radius 1 is 1.03 bits per heavy atom. The summed E-state index contributed by atoms with van der Waals surface area (Å²) >= 11 is 0. The highest BCUT2D eigenvalue weighted by Crippen LogP contribution is 2.41. The number of benzene rings is 2. The van der Waals surface area contributed by atoms with Crippen LogP contribution in [0, 0.1) is 12.8 Å². The third-order valence-corrected chi connectivity index (χ3v) is 6.12. The molecular formula is C28H33NO5. The van der Waals surface area contributed by atoms with Gasteiger partial charge in [-0.2, -0.15) is 0 Å². The smallest absolute Gasteiger partial charge is 0.290 e. The van der Waals surface area contributed by atoms with Gasteiger partial charge in [0.1, 0.15) is 5.58 Å². The molecule has 1 atom stereocenters. The van der Waals surface area contributed by atoms with Crippen LogP contribution in [0.15, 0.2) is 45.6 Å². The first-order valence-electron chi connectivity index (χ1n) is 12.1. The number of amides is 1. The molecule has 1 aliphatic rings. The number of aryl methyl sites for hydroxylation is 1. The molecule has 1 amide bonds. The summed E-state index contributed by atoms with van der Waals surface area (Å²) in [7, 11) is 0. The Balaban J connectivity index is 1.83. The van der Waals surface area contributed by atoms with Crippen molar-refractivity contribution in [1.82, 2.24) is 4.90 Å². The molecule has 0 radical (unpaired) electrons. The summed E-state index contributed by atoms with van der Waals surface area (Å²) in [6.07, 6.45) is 1.70. The first-order chi connectivity index (χ1) is 16.3. The van der Waals surface area contributed by atoms with Gasteiger partial charge in [0.05, 0.1) is 30.2 Å². The number of hydrogen-bond acceptors (Lipinski definition) is 5. The standard InChI is InChI=1S/C28H33NO5/c1-6-13-29-25(19-9-11-22(23(16-19)32-7-2)33-14-12-17(3)4)24-26(30)20-15-18(5)8-10-21(20)34-27(24)28(29)31/h8-11,15-17,25H,6-7,12-14H2,1-5H3. The summed E-state index contributed by atoms with van der Waals surface area (Å²) in [4.78, 5) is 28.7. The second-order valence-corrected chi connectivity index (χ2v) is 9.24. The van der Waals surface area contributed by atoms with Crippen LogP contribution in [0.3, 0.4) is 0 Å². The van der Waals surface area contributed by atoms with Crippen molar-refractivity contribution in [2.45, 2.75) is 53.5 Å². The lowest BCUT2D eigenvalue weighted by atomic mass is 9.97. The van der Waals surface area contributed by atoms with Gasteiger partial charge in [-0.3, -0.25) is 9.59 Å². The summed E-state index contributed by atoms with van der Waals surface area (Å²) in [6, 6.07) is 10.6. The largest absolute Gasteiger partial charge is 0.490 e. The molecule has 0 N–H and O–H groups in total. The fourth-order valence-corrected chi connectivity index (χ4v) is 4.44. The van der Waals surface area contributed by atoms with Crippen molar-refractivity contribution in [2.24, 2.45) is 5.92 Å². The van der Waals surface area contributed by atoms with Crippen molar-refractivity contribution >= 4 is 16.9 Å². The number of fused-ring (bicyclic) bond motifs is 2. The molecule has 1 aromatic heterocycles. The van der Waals surface area contributed by atoms with E-state index in [0.717, 1.165) is 24.0 Å². The zero-order valence-electron chi connectivity index (χ0n) is 20.6. The Kier molecular flexibility index (Phi) is 6.96. The van der Waals surface area contributed by atoms with E-state index in [4.69, 9.17) is 13.9 Å². The van der Waals surface area contributed by atoms with E-state index in [1.54, 1.807) is 11.0 Å². The van der Waals surface area contributed by atoms with Crippen molar-refractivity contribution in [3.63, 3.8) is 0 Å². The molecular weight excluding hydrogens is 430 g/mol. The predicted octanol–water partition coefficient (Wildman–Crippen LogP) is 5.88. The van der Waals surface area contributed by atoms with Crippen LogP contribution in [0.4, 0.5) is 0 Å². The molecule has 0 bridgehead atoms. The van der Waals surface area contributed by atoms with Gasteiger partial charge in [0.25, 0.3) is 5.91 Å². The van der Waals surface area contributed by atoms with Gasteiger partial charge < -0.3 is 18.8 Å². The average Bonchev–Trinajstić information content (AvgIpc) is 3.07. The summed E-state index contributed by atoms with van der Waals surface area (Å²) in [5.41, 5.74) is 2.44. The maximum Gasteiger partial charge on any atom is 0.290 e. The van der Waals surface area contributed by atoms with Crippen molar-refractivity contribution in [3.8, 4) is 11.5 Å². The third kappa shape index (κ3) is 4.41. The lowest BCUT2D eigenvalue weighted by molar-refractivity contribution is 0.0728. The fraction of sp³-hybridized carbons (Fsp3) is 0.429. The van der Waals surface area contributed by atoms with E-state index in [2.05, 4.69) is 13.8 Å². The Labute approximate surface area is 200 Å². The van der Waals surface area contributed by atoms with Gasteiger partial charge in [-0.15, -0.1) is 0 Å². The van der Waals surface area contributed by atoms with Gasteiger partial charge in [-0.25, -0.2) is 0 Å². The predicted molar refractivity (Wildman–Crippen MR) is 133 cm³/mol. The number of carbonyl (C=O) groups excluding carboxylic acids is 1. The van der Waals surface area contributed by atoms with Crippen LogP contribution >= 0.6 is 0 Å². The van der Waals surface area contributed by atoms with Gasteiger partial charge >= 0.3 is 0 Å². The normalized spacial score (nSPS) is 15.3. The summed E-state index contributed by atoms with van der Waals surface area (Å²) in [6.45, 7) is 11.8. The van der Waals surface area contributed by atoms with Gasteiger partial charge in [-0.05, 0) is 62.4 Å². The highest BCUT2D eigenvalue weighted by molar-refractivity contribution is 5.99. The van der Waals surface area contributed by atoms with E-state index >= 15 is 0 Å². The monoisotopic (exact) mass is 463 g/mol. The Hall–Kier alpha value is -3.28. The topological polar surface area (TPSA) is 69.0 Å². The van der Waals surface area contributed by atoms with E-state index in [0.29, 0.717) is 53.7 Å². The zero-order valence-corrected chi connectivity index (χ0v) is 20.6. The van der Waals surface area contributed by atoms with Crippen molar-refractivity contribution < 1.29 is 18.7 Å². The van der Waals surface area contributed by atoms with E-state index in [1.807, 2.05) is 51.1 Å². The molecule has 34 heavy (non-hydrogen) atoms. The Morgan fingerprint density at radius 2 is 1.82 bits per heavy atom. The fourth-order valence-electron chi connectivity index (χ4n) is 4.44. The minimum absolute atomic E-state index is 0.134. The molecule has 0 aliphatic carbocycles. The SMILES string of the molecule is CCCN1C(=O)c2oc3ccc(C)cc3c(=O)c2C1c1ccc(OCCC(C)C)c(OCC)c1. The molecule has 0 fully saturated rings. The number of rotatable bonds is 9. The second-order valence-electron chi connectivity index (χ2n) is 9.24. The highest BCUT2D eigenvalue weighted by Gasteiger charge is 2.42. The molecule has 0 saturated heterocycles. The van der Waals surface area contributed by atoms with Gasteiger partial charge in [0.2, 0.25) is 5.76 Å². The van der Waals surface area contributed by atoms with Gasteiger partial charge in [0, 0.05) is 6.54 Å². The maximum atomic E-state index is 13.6. The highest BCUT2D eigenvalue weighted by atomic mass is 16.5. The molecule has 0 spiro atoms. The molecule has 1 unspecified atom stereocenters. The quantitative estimate of drug-likeness (QED) is 0.396. The molecule has 4 rings (SSSR count). The minimum atomic E-state index is -0.535. The van der Waals surface area contributed by atoms with Crippen LogP contribution in [0.2, 0.25) is 0 Å². The van der Waals surface area contributed by atoms with E-state index in [-0.39, 0.29) is 17.1 Å². The molecule has 3 aromatic rings. The summed E-state index contributed by atoms with van der Waals surface area (Å²) in [5.74, 6) is 1.70. The Bertz CT molecular complexity index is 1260. The molecule has 1 aliphatic heterocycles. The first-order valence-corrected chi connectivity index (χ1v) is 12.1. The molecule has 2 heterocycles. The van der Waals surface area contributed by atoms with Crippen molar-refractivity contribution in [2.75, 3.05) is 19.8 Å². The van der Waals surface area contributed by atoms with Crippen molar-refractivity contribution in [1.29, 1.82) is 0 Å². The molecule has 6 nitrogen and oxygen atoms in total. The second kappa shape index (κ2) is 9.92. The minimum Gasteiger partial charge on any atom is -0.490 e. The first kappa shape index (κ1) is 23.9. The number of ether oxygens (including phenoxy) is 2. The van der Waals surface area contributed by atoms with Gasteiger partial charge in [-0.1, -0.05) is 38.5 Å². The number of hydrogen-bond donors (Lipinski definition) is 0. The third-order valence-electron chi connectivity index (χ3n) is 6.12. The van der Waals surface area contributed by atoms with Crippen LogP contribution in [0.5, 0.6) is 11.5 Å². The lowest BCUT2D eigenvalue weighted by Crippen LogP contribution is -2.30. The number of nitrogens with zero attached hydrogens (tertiary/aromatic N) is 1. The summed E-state index contributed by atoms with van der Waals surface area (Å²) < 4.78 is 17.9. The molecule has 6 heteroatoms. The summed E-state index contributed by atoms with van der Waals surface area (Å²) in [5, 5.41) is 0.494. The van der Waals surface area contributed by atoms with E-state index in [9.17, 15) is 9.59 Å². The molecule has 2 aromatic carbocycles. The van der Waals surface area contributed by atoms with Crippen molar-refractivity contribution in [3.05, 3.63) is 69.1 Å². The molecule has 180 valence electrons. The maximum absolute atomic E-state index is 13.6. The Morgan fingerprint density at radius 3 is 2.53 bits per heavy atom. The van der Waals surface area contributed by atoms with Crippen LogP contribution in [-0.2, 0) is 0 Å². The van der Waals surface area contributed by atoms with Crippen LogP contribution in [-0.4, -0.2) is 30.6 Å². The lowest BCUT2D eigenvalue weighted by Gasteiger charge is -2.25. The van der Waals surface area contributed by atoms with Crippen LogP contribution < -0.4 is 14.9 Å². The van der Waals surface area contributed by atoms with Crippen LogP contribution in [0.1, 0.15) is 73.8 Å². The number of carbonyl (C=O) groups is 1. The zero-order chi connectivity index (χ0) is 24.4. The molecule has 0 saturated carbocycles. The average molecular weight is 464 g/mol. The van der Waals surface area contributed by atoms with E-state index in [1.165, 1.54) is 0 Å². The van der Waals surface area contributed by atoms with Crippen LogP contribution in [0.25, 0.3) is 11.0 Å². The van der Waals surface area contributed by atoms with Gasteiger partial charge in [0.15, 0.2) is 16.9 Å².